The average Bonchev–Trinajstić information content (AvgIpc) is 2.38. The van der Waals surface area contributed by atoms with Gasteiger partial charge in [-0.2, -0.15) is 0 Å². The lowest BCUT2D eigenvalue weighted by atomic mass is 10.1. The number of anilines is 2. The van der Waals surface area contributed by atoms with Crippen molar-refractivity contribution in [2.24, 2.45) is 0 Å². The molecule has 8 heteroatoms. The van der Waals surface area contributed by atoms with Crippen molar-refractivity contribution in [1.29, 1.82) is 0 Å². The molecule has 1 amide bonds. The van der Waals surface area contributed by atoms with Crippen molar-refractivity contribution in [3.8, 4) is 0 Å². The van der Waals surface area contributed by atoms with Gasteiger partial charge in [0.1, 0.15) is 11.6 Å². The number of allylic oxidation sites excluding steroid dienone is 3. The molecule has 1 heterocycles. The SMILES string of the molecule is Nc1cc(N)nc(SCC(=O)NC2=CCC(Cl)C=C2)n1. The zero-order chi connectivity index (χ0) is 14.5. The molecule has 0 bridgehead atoms. The second-order valence-corrected chi connectivity index (χ2v) is 5.61. The van der Waals surface area contributed by atoms with Crippen LogP contribution in [0.3, 0.4) is 0 Å². The van der Waals surface area contributed by atoms with Crippen LogP contribution >= 0.6 is 23.4 Å². The second kappa shape index (κ2) is 6.62. The number of thioether (sulfide) groups is 1. The van der Waals surface area contributed by atoms with Gasteiger partial charge in [0, 0.05) is 11.8 Å². The third-order valence-electron chi connectivity index (χ3n) is 2.41. The van der Waals surface area contributed by atoms with E-state index in [2.05, 4.69) is 15.3 Å². The van der Waals surface area contributed by atoms with Crippen LogP contribution in [-0.4, -0.2) is 27.0 Å². The van der Waals surface area contributed by atoms with Crippen molar-refractivity contribution in [3.63, 3.8) is 0 Å². The Morgan fingerprint density at radius 3 is 2.75 bits per heavy atom. The molecule has 1 aromatic rings. The van der Waals surface area contributed by atoms with E-state index in [0.717, 1.165) is 5.70 Å². The number of carbonyl (C=O) groups is 1. The predicted molar refractivity (Wildman–Crippen MR) is 81.2 cm³/mol. The Labute approximate surface area is 125 Å². The van der Waals surface area contributed by atoms with Gasteiger partial charge in [-0.3, -0.25) is 4.79 Å². The fourth-order valence-electron chi connectivity index (χ4n) is 1.54. The maximum atomic E-state index is 11.8. The number of hydrogen-bond donors (Lipinski definition) is 3. The van der Waals surface area contributed by atoms with Crippen molar-refractivity contribution in [1.82, 2.24) is 15.3 Å². The van der Waals surface area contributed by atoms with Crippen molar-refractivity contribution < 1.29 is 4.79 Å². The number of nitrogens with zero attached hydrogens (tertiary/aromatic N) is 2. The Balaban J connectivity index is 1.85. The standard InChI is InChI=1S/C12H14ClN5OS/c13-7-1-3-8(4-2-7)16-11(19)6-20-12-17-9(14)5-10(15)18-12/h1,3-5,7H,2,6H2,(H,16,19)(H4,14,15,17,18). The fraction of sp³-hybridized carbons (Fsp3) is 0.250. The number of nitrogens with one attached hydrogen (secondary N) is 1. The largest absolute Gasteiger partial charge is 0.383 e. The number of hydrogen-bond acceptors (Lipinski definition) is 6. The normalized spacial score (nSPS) is 17.6. The molecule has 2 rings (SSSR count). The molecule has 0 radical (unpaired) electrons. The number of carbonyl (C=O) groups excluding carboxylic acids is 1. The van der Waals surface area contributed by atoms with Gasteiger partial charge in [-0.15, -0.1) is 11.6 Å². The summed E-state index contributed by atoms with van der Waals surface area (Å²) in [4.78, 5) is 19.8. The van der Waals surface area contributed by atoms with Crippen LogP contribution in [0.15, 0.2) is 35.1 Å². The van der Waals surface area contributed by atoms with Crippen molar-refractivity contribution >= 4 is 40.9 Å². The molecule has 0 aromatic carbocycles. The molecular formula is C12H14ClN5OS. The van der Waals surface area contributed by atoms with Crippen molar-refractivity contribution in [3.05, 3.63) is 30.0 Å². The Bertz CT molecular complexity index is 555. The minimum atomic E-state index is -0.150. The summed E-state index contributed by atoms with van der Waals surface area (Å²) in [7, 11) is 0. The summed E-state index contributed by atoms with van der Waals surface area (Å²) >= 11 is 7.08. The van der Waals surface area contributed by atoms with E-state index in [1.54, 1.807) is 6.08 Å². The second-order valence-electron chi connectivity index (χ2n) is 4.11. The summed E-state index contributed by atoms with van der Waals surface area (Å²) in [6.45, 7) is 0. The number of nitrogen functional groups attached to an aromatic ring is 2. The smallest absolute Gasteiger partial charge is 0.234 e. The van der Waals surface area contributed by atoms with Gasteiger partial charge in [0.05, 0.1) is 11.1 Å². The molecule has 0 aliphatic heterocycles. The van der Waals surface area contributed by atoms with E-state index in [0.29, 0.717) is 11.6 Å². The van der Waals surface area contributed by atoms with Gasteiger partial charge in [0.2, 0.25) is 5.91 Å². The number of alkyl halides is 1. The quantitative estimate of drug-likeness (QED) is 0.439. The highest BCUT2D eigenvalue weighted by molar-refractivity contribution is 7.99. The van der Waals surface area contributed by atoms with E-state index in [-0.39, 0.29) is 28.7 Å². The zero-order valence-corrected chi connectivity index (χ0v) is 12.1. The molecule has 6 nitrogen and oxygen atoms in total. The van der Waals surface area contributed by atoms with E-state index < -0.39 is 0 Å². The van der Waals surface area contributed by atoms with Crippen molar-refractivity contribution in [2.75, 3.05) is 17.2 Å². The van der Waals surface area contributed by atoms with E-state index >= 15 is 0 Å². The van der Waals surface area contributed by atoms with Crippen LogP contribution in [-0.2, 0) is 4.79 Å². The maximum absolute atomic E-state index is 11.8. The first-order chi connectivity index (χ1) is 9.52. The van der Waals surface area contributed by atoms with E-state index in [4.69, 9.17) is 23.1 Å². The highest BCUT2D eigenvalue weighted by atomic mass is 35.5. The molecule has 0 saturated heterocycles. The minimum Gasteiger partial charge on any atom is -0.383 e. The van der Waals surface area contributed by atoms with Crippen LogP contribution in [0.1, 0.15) is 6.42 Å². The highest BCUT2D eigenvalue weighted by Gasteiger charge is 2.10. The molecule has 1 aromatic heterocycles. The van der Waals surface area contributed by atoms with Gasteiger partial charge in [0.25, 0.3) is 0 Å². The first kappa shape index (κ1) is 14.7. The number of nitrogens with two attached hydrogens (primary N) is 2. The van der Waals surface area contributed by atoms with Gasteiger partial charge in [0.15, 0.2) is 5.16 Å². The van der Waals surface area contributed by atoms with E-state index in [1.165, 1.54) is 17.8 Å². The lowest BCUT2D eigenvalue weighted by Gasteiger charge is -2.11. The Kier molecular flexibility index (Phi) is 4.86. The first-order valence-corrected chi connectivity index (χ1v) is 7.30. The average molecular weight is 312 g/mol. The topological polar surface area (TPSA) is 107 Å². The van der Waals surface area contributed by atoms with E-state index in [9.17, 15) is 4.79 Å². The predicted octanol–water partition coefficient (Wildman–Crippen LogP) is 1.30. The summed E-state index contributed by atoms with van der Waals surface area (Å²) in [5.41, 5.74) is 11.9. The number of aromatic nitrogens is 2. The van der Waals surface area contributed by atoms with Crippen molar-refractivity contribution in [2.45, 2.75) is 17.0 Å². The summed E-state index contributed by atoms with van der Waals surface area (Å²) in [6.07, 6.45) is 6.22. The number of rotatable bonds is 4. The first-order valence-electron chi connectivity index (χ1n) is 5.88. The minimum absolute atomic E-state index is 0.00584. The van der Waals surface area contributed by atoms with Gasteiger partial charge in [-0.25, -0.2) is 9.97 Å². The molecule has 1 aliphatic rings. The summed E-state index contributed by atoms with van der Waals surface area (Å²) < 4.78 is 0. The third-order valence-corrected chi connectivity index (χ3v) is 3.58. The molecular weight excluding hydrogens is 298 g/mol. The lowest BCUT2D eigenvalue weighted by molar-refractivity contribution is -0.117. The highest BCUT2D eigenvalue weighted by Crippen LogP contribution is 2.17. The number of amides is 1. The van der Waals surface area contributed by atoms with Gasteiger partial charge in [-0.1, -0.05) is 23.9 Å². The molecule has 0 fully saturated rings. The molecule has 0 spiro atoms. The van der Waals surface area contributed by atoms with Crippen LogP contribution in [0.25, 0.3) is 0 Å². The summed E-state index contributed by atoms with van der Waals surface area (Å²) in [6, 6.07) is 1.46. The Morgan fingerprint density at radius 1 is 1.45 bits per heavy atom. The fourth-order valence-corrected chi connectivity index (χ4v) is 2.37. The van der Waals surface area contributed by atoms with Gasteiger partial charge >= 0.3 is 0 Å². The Morgan fingerprint density at radius 2 is 2.15 bits per heavy atom. The molecule has 20 heavy (non-hydrogen) atoms. The molecule has 106 valence electrons. The van der Waals surface area contributed by atoms with Crippen LogP contribution in [0.4, 0.5) is 11.6 Å². The molecule has 1 unspecified atom stereocenters. The zero-order valence-electron chi connectivity index (χ0n) is 10.5. The van der Waals surface area contributed by atoms with Gasteiger partial charge < -0.3 is 16.8 Å². The Hall–Kier alpha value is -1.73. The van der Waals surface area contributed by atoms with Crippen LogP contribution in [0.2, 0.25) is 0 Å². The molecule has 1 aliphatic carbocycles. The monoisotopic (exact) mass is 311 g/mol. The van der Waals surface area contributed by atoms with Gasteiger partial charge in [-0.05, 0) is 12.5 Å². The molecule has 0 saturated carbocycles. The third kappa shape index (κ3) is 4.43. The molecule has 5 N–H and O–H groups in total. The lowest BCUT2D eigenvalue weighted by Crippen LogP contribution is -2.25. The number of halogens is 1. The van der Waals surface area contributed by atoms with Crippen LogP contribution in [0.5, 0.6) is 0 Å². The summed E-state index contributed by atoms with van der Waals surface area (Å²) in [5, 5.41) is 3.15. The van der Waals surface area contributed by atoms with Crippen LogP contribution < -0.4 is 16.8 Å². The maximum Gasteiger partial charge on any atom is 0.234 e. The van der Waals surface area contributed by atoms with Crippen LogP contribution in [0, 0.1) is 0 Å². The summed E-state index contributed by atoms with van der Waals surface area (Å²) in [5.74, 6) is 0.597. The molecule has 1 atom stereocenters. The van der Waals surface area contributed by atoms with E-state index in [1.807, 2.05) is 12.2 Å².